The van der Waals surface area contributed by atoms with Crippen LogP contribution in [0.5, 0.6) is 0 Å². The molecule has 0 aromatic heterocycles. The minimum atomic E-state index is 0.390. The molecule has 1 aliphatic rings. The molecule has 15 heavy (non-hydrogen) atoms. The van der Waals surface area contributed by atoms with Crippen molar-refractivity contribution in [2.45, 2.75) is 25.2 Å². The summed E-state index contributed by atoms with van der Waals surface area (Å²) >= 11 is 0. The second-order valence-electron chi connectivity index (χ2n) is 4.47. The first-order chi connectivity index (χ1) is 7.36. The second-order valence-corrected chi connectivity index (χ2v) is 4.47. The van der Waals surface area contributed by atoms with Gasteiger partial charge in [0.1, 0.15) is 0 Å². The van der Waals surface area contributed by atoms with Crippen LogP contribution in [0.3, 0.4) is 0 Å². The molecule has 0 nitrogen and oxygen atoms in total. The molecule has 0 N–H and O–H groups in total. The number of fused-ring (bicyclic) bond motifs is 1. The average Bonchev–Trinajstić information content (AvgIpc) is 3.09. The Hall–Kier alpha value is -1.30. The first-order valence-corrected chi connectivity index (χ1v) is 5.64. The lowest BCUT2D eigenvalue weighted by atomic mass is 9.89. The van der Waals surface area contributed by atoms with E-state index in [9.17, 15) is 0 Å². The minimum Gasteiger partial charge on any atom is -0.0616 e. The Labute approximate surface area is 90.9 Å². The Morgan fingerprint density at radius 1 is 1.00 bits per heavy atom. The maximum absolute atomic E-state index is 2.37. The maximum Gasteiger partial charge on any atom is -0.00117 e. The molecule has 0 aliphatic heterocycles. The van der Waals surface area contributed by atoms with Crippen molar-refractivity contribution in [2.24, 2.45) is 0 Å². The summed E-state index contributed by atoms with van der Waals surface area (Å²) in [5.74, 6) is 0. The van der Waals surface area contributed by atoms with Gasteiger partial charge in [0.05, 0.1) is 0 Å². The quantitative estimate of drug-likeness (QED) is 0.677. The summed E-state index contributed by atoms with van der Waals surface area (Å²) in [6, 6.07) is 15.4. The van der Waals surface area contributed by atoms with Crippen LogP contribution < -0.4 is 0 Å². The normalized spacial score (nSPS) is 17.9. The van der Waals surface area contributed by atoms with Crippen LogP contribution in [0.15, 0.2) is 42.5 Å². The fraction of sp³-hybridized carbons (Fsp3) is 0.267. The SMILES string of the molecule is C[CH]C1(c2cccc3ccccc23)CC1. The molecule has 1 fully saturated rings. The summed E-state index contributed by atoms with van der Waals surface area (Å²) < 4.78 is 0. The van der Waals surface area contributed by atoms with Gasteiger partial charge in [-0.3, -0.25) is 0 Å². The molecule has 0 spiro atoms. The molecule has 1 aliphatic carbocycles. The molecule has 0 bridgehead atoms. The molecule has 0 atom stereocenters. The van der Waals surface area contributed by atoms with Crippen molar-refractivity contribution in [3.05, 3.63) is 54.4 Å². The van der Waals surface area contributed by atoms with Gasteiger partial charge in [0.25, 0.3) is 0 Å². The van der Waals surface area contributed by atoms with Gasteiger partial charge < -0.3 is 0 Å². The van der Waals surface area contributed by atoms with E-state index in [2.05, 4.69) is 55.8 Å². The van der Waals surface area contributed by atoms with Crippen LogP contribution in [-0.4, -0.2) is 0 Å². The Bertz CT molecular complexity index is 487. The molecule has 3 rings (SSSR count). The summed E-state index contributed by atoms with van der Waals surface area (Å²) in [6.07, 6.45) is 5.00. The lowest BCUT2D eigenvalue weighted by molar-refractivity contribution is 0.822. The molecule has 0 saturated heterocycles. The van der Waals surface area contributed by atoms with Crippen molar-refractivity contribution >= 4 is 10.8 Å². The third-order valence-electron chi connectivity index (χ3n) is 3.67. The molecular weight excluding hydrogens is 180 g/mol. The highest BCUT2D eigenvalue weighted by Gasteiger charge is 2.43. The number of rotatable bonds is 2. The highest BCUT2D eigenvalue weighted by atomic mass is 14.5. The standard InChI is InChI=1S/C15H15/c1-2-15(10-11-15)14-9-5-7-12-6-3-4-8-13(12)14/h2-9H,10-11H2,1H3. The molecular formula is C15H15. The molecule has 2 aromatic carbocycles. The Morgan fingerprint density at radius 3 is 2.47 bits per heavy atom. The van der Waals surface area contributed by atoms with Gasteiger partial charge in [-0.15, -0.1) is 0 Å². The first-order valence-electron chi connectivity index (χ1n) is 5.64. The first kappa shape index (κ1) is 8.96. The van der Waals surface area contributed by atoms with E-state index in [1.165, 1.54) is 29.2 Å². The fourth-order valence-electron chi connectivity index (χ4n) is 2.51. The van der Waals surface area contributed by atoms with Gasteiger partial charge in [-0.2, -0.15) is 0 Å². The molecule has 2 aromatic rings. The average molecular weight is 195 g/mol. The lowest BCUT2D eigenvalue weighted by Gasteiger charge is -2.15. The molecule has 0 amide bonds. The largest absolute Gasteiger partial charge is 0.0616 e. The topological polar surface area (TPSA) is 0 Å². The van der Waals surface area contributed by atoms with Gasteiger partial charge in [-0.1, -0.05) is 49.4 Å². The van der Waals surface area contributed by atoms with E-state index in [0.717, 1.165) is 0 Å². The van der Waals surface area contributed by atoms with Gasteiger partial charge in [-0.25, -0.2) is 0 Å². The molecule has 75 valence electrons. The van der Waals surface area contributed by atoms with Gasteiger partial charge in [0.15, 0.2) is 0 Å². The maximum atomic E-state index is 2.37. The van der Waals surface area contributed by atoms with Crippen molar-refractivity contribution in [1.29, 1.82) is 0 Å². The summed E-state index contributed by atoms with van der Waals surface area (Å²) in [5, 5.41) is 2.79. The molecule has 0 heteroatoms. The zero-order chi connectivity index (χ0) is 10.3. The van der Waals surface area contributed by atoms with E-state index in [1.54, 1.807) is 0 Å². The van der Waals surface area contributed by atoms with E-state index >= 15 is 0 Å². The fourth-order valence-corrected chi connectivity index (χ4v) is 2.51. The zero-order valence-corrected chi connectivity index (χ0v) is 9.03. The van der Waals surface area contributed by atoms with Crippen LogP contribution in [0.25, 0.3) is 10.8 Å². The highest BCUT2D eigenvalue weighted by molar-refractivity contribution is 5.87. The third-order valence-corrected chi connectivity index (χ3v) is 3.67. The van der Waals surface area contributed by atoms with E-state index in [1.807, 2.05) is 0 Å². The van der Waals surface area contributed by atoms with E-state index in [-0.39, 0.29) is 0 Å². The van der Waals surface area contributed by atoms with Crippen LogP contribution in [0.4, 0.5) is 0 Å². The number of hydrogen-bond donors (Lipinski definition) is 0. The van der Waals surface area contributed by atoms with Crippen molar-refractivity contribution in [3.63, 3.8) is 0 Å². The predicted molar refractivity (Wildman–Crippen MR) is 64.8 cm³/mol. The number of benzene rings is 2. The number of hydrogen-bond acceptors (Lipinski definition) is 0. The van der Waals surface area contributed by atoms with Crippen molar-refractivity contribution in [3.8, 4) is 0 Å². The summed E-state index contributed by atoms with van der Waals surface area (Å²) in [5.41, 5.74) is 1.91. The van der Waals surface area contributed by atoms with Crippen LogP contribution in [0.1, 0.15) is 25.3 Å². The van der Waals surface area contributed by atoms with Crippen molar-refractivity contribution in [1.82, 2.24) is 0 Å². The summed E-state index contributed by atoms with van der Waals surface area (Å²) in [6.45, 7) is 2.19. The zero-order valence-electron chi connectivity index (χ0n) is 9.03. The van der Waals surface area contributed by atoms with Crippen LogP contribution >= 0.6 is 0 Å². The van der Waals surface area contributed by atoms with Gasteiger partial charge in [0, 0.05) is 0 Å². The summed E-state index contributed by atoms with van der Waals surface area (Å²) in [7, 11) is 0. The Kier molecular flexibility index (Phi) is 1.85. The monoisotopic (exact) mass is 195 g/mol. The van der Waals surface area contributed by atoms with Crippen LogP contribution in [0.2, 0.25) is 0 Å². The Balaban J connectivity index is 2.27. The van der Waals surface area contributed by atoms with Crippen molar-refractivity contribution in [2.75, 3.05) is 0 Å². The third kappa shape index (κ3) is 1.28. The van der Waals surface area contributed by atoms with E-state index in [4.69, 9.17) is 0 Å². The van der Waals surface area contributed by atoms with Crippen molar-refractivity contribution < 1.29 is 0 Å². The molecule has 1 saturated carbocycles. The van der Waals surface area contributed by atoms with Gasteiger partial charge in [-0.05, 0) is 41.0 Å². The van der Waals surface area contributed by atoms with Gasteiger partial charge >= 0.3 is 0 Å². The Morgan fingerprint density at radius 2 is 1.73 bits per heavy atom. The smallest absolute Gasteiger partial charge is 0.00117 e. The molecule has 0 unspecified atom stereocenters. The van der Waals surface area contributed by atoms with Crippen LogP contribution in [-0.2, 0) is 5.41 Å². The van der Waals surface area contributed by atoms with Crippen LogP contribution in [0, 0.1) is 6.42 Å². The van der Waals surface area contributed by atoms with E-state index in [0.29, 0.717) is 5.41 Å². The minimum absolute atomic E-state index is 0.390. The molecule has 0 heterocycles. The second kappa shape index (κ2) is 3.10. The lowest BCUT2D eigenvalue weighted by Crippen LogP contribution is -2.05. The molecule has 1 radical (unpaired) electrons. The highest BCUT2D eigenvalue weighted by Crippen LogP contribution is 2.52. The van der Waals surface area contributed by atoms with Gasteiger partial charge in [0.2, 0.25) is 0 Å². The van der Waals surface area contributed by atoms with E-state index < -0.39 is 0 Å². The summed E-state index contributed by atoms with van der Waals surface area (Å²) in [4.78, 5) is 0. The predicted octanol–water partition coefficient (Wildman–Crippen LogP) is 4.10.